The average Bonchev–Trinajstić information content (AvgIpc) is 2.67. The summed E-state index contributed by atoms with van der Waals surface area (Å²) >= 11 is 0. The van der Waals surface area contributed by atoms with E-state index in [9.17, 15) is 13.9 Å². The molecule has 0 saturated carbocycles. The Morgan fingerprint density at radius 3 is 2.47 bits per heavy atom. The van der Waals surface area contributed by atoms with Crippen molar-refractivity contribution in [2.24, 2.45) is 0 Å². The Morgan fingerprint density at radius 1 is 1.27 bits per heavy atom. The van der Waals surface area contributed by atoms with Gasteiger partial charge in [0, 0.05) is 12.1 Å². The molecule has 0 spiro atoms. The molecule has 0 aliphatic carbocycles. The third-order valence-corrected chi connectivity index (χ3v) is 2.71. The van der Waals surface area contributed by atoms with Crippen LogP contribution in [-0.4, -0.2) is 17.7 Å². The molecule has 2 nitrogen and oxygen atoms in total. The van der Waals surface area contributed by atoms with E-state index >= 15 is 0 Å². The summed E-state index contributed by atoms with van der Waals surface area (Å²) in [6.45, 7) is 0.847. The van der Waals surface area contributed by atoms with Crippen molar-refractivity contribution < 1.29 is 13.9 Å². The Morgan fingerprint density at radius 2 is 1.93 bits per heavy atom. The summed E-state index contributed by atoms with van der Waals surface area (Å²) in [6, 6.07) is 3.06. The first kappa shape index (κ1) is 10.5. The van der Waals surface area contributed by atoms with Crippen LogP contribution in [0, 0.1) is 11.6 Å². The highest BCUT2D eigenvalue weighted by Gasteiger charge is 2.24. The first-order chi connectivity index (χ1) is 7.16. The second kappa shape index (κ2) is 4.24. The van der Waals surface area contributed by atoms with Gasteiger partial charge in [-0.3, -0.25) is 0 Å². The molecule has 0 bridgehead atoms. The minimum Gasteiger partial charge on any atom is -0.387 e. The van der Waals surface area contributed by atoms with Crippen molar-refractivity contribution in [3.8, 4) is 0 Å². The predicted octanol–water partition coefficient (Wildman–Crippen LogP) is 1.75. The summed E-state index contributed by atoms with van der Waals surface area (Å²) in [4.78, 5) is 0. The van der Waals surface area contributed by atoms with E-state index in [-0.39, 0.29) is 6.04 Å². The molecule has 2 rings (SSSR count). The molecule has 82 valence electrons. The molecule has 0 aromatic heterocycles. The van der Waals surface area contributed by atoms with Crippen molar-refractivity contribution in [2.45, 2.75) is 25.0 Å². The lowest BCUT2D eigenvalue weighted by molar-refractivity contribution is 0.136. The molecule has 1 aromatic rings. The molecule has 4 heteroatoms. The number of aliphatic hydroxyl groups is 1. The highest BCUT2D eigenvalue weighted by atomic mass is 19.1. The Labute approximate surface area is 86.9 Å². The number of nitrogens with one attached hydrogen (secondary N) is 1. The molecule has 0 amide bonds. The second-order valence-electron chi connectivity index (χ2n) is 3.85. The zero-order valence-corrected chi connectivity index (χ0v) is 8.21. The molecule has 15 heavy (non-hydrogen) atoms. The number of rotatable bonds is 2. The van der Waals surface area contributed by atoms with Gasteiger partial charge >= 0.3 is 0 Å². The van der Waals surface area contributed by atoms with E-state index in [1.807, 2.05) is 0 Å². The lowest BCUT2D eigenvalue weighted by Crippen LogP contribution is -2.28. The monoisotopic (exact) mass is 213 g/mol. The minimum atomic E-state index is -0.835. The van der Waals surface area contributed by atoms with Crippen LogP contribution in [0.15, 0.2) is 18.2 Å². The Balaban J connectivity index is 2.20. The van der Waals surface area contributed by atoms with Crippen molar-refractivity contribution in [3.05, 3.63) is 35.4 Å². The van der Waals surface area contributed by atoms with E-state index in [0.29, 0.717) is 5.56 Å². The molecule has 1 aliphatic heterocycles. The Kier molecular flexibility index (Phi) is 2.98. The molecule has 2 unspecified atom stereocenters. The summed E-state index contributed by atoms with van der Waals surface area (Å²) in [5.74, 6) is -1.30. The fourth-order valence-electron chi connectivity index (χ4n) is 1.96. The van der Waals surface area contributed by atoms with Gasteiger partial charge in [-0.1, -0.05) is 0 Å². The molecular formula is C11H13F2NO. The molecule has 1 aliphatic rings. The Bertz CT molecular complexity index is 330. The normalized spacial score (nSPS) is 23.0. The molecule has 1 saturated heterocycles. The van der Waals surface area contributed by atoms with E-state index in [1.54, 1.807) is 0 Å². The zero-order chi connectivity index (χ0) is 10.8. The number of aliphatic hydroxyl groups excluding tert-OH is 1. The smallest absolute Gasteiger partial charge is 0.126 e. The summed E-state index contributed by atoms with van der Waals surface area (Å²) < 4.78 is 25.8. The van der Waals surface area contributed by atoms with Crippen LogP contribution in [0.4, 0.5) is 8.78 Å². The third-order valence-electron chi connectivity index (χ3n) is 2.71. The van der Waals surface area contributed by atoms with Gasteiger partial charge in [-0.05, 0) is 37.1 Å². The maximum atomic E-state index is 12.9. The number of hydrogen-bond donors (Lipinski definition) is 2. The van der Waals surface area contributed by atoms with Gasteiger partial charge in [-0.25, -0.2) is 8.78 Å². The van der Waals surface area contributed by atoms with Gasteiger partial charge in [-0.2, -0.15) is 0 Å². The van der Waals surface area contributed by atoms with Crippen molar-refractivity contribution in [2.75, 3.05) is 6.54 Å². The maximum absolute atomic E-state index is 12.9. The van der Waals surface area contributed by atoms with Gasteiger partial charge in [-0.15, -0.1) is 0 Å². The summed E-state index contributed by atoms with van der Waals surface area (Å²) in [5, 5.41) is 13.0. The predicted molar refractivity (Wildman–Crippen MR) is 52.3 cm³/mol. The number of halogens is 2. The van der Waals surface area contributed by atoms with Crippen LogP contribution in [0.25, 0.3) is 0 Å². The van der Waals surface area contributed by atoms with Crippen LogP contribution in [0.3, 0.4) is 0 Å². The fourth-order valence-corrected chi connectivity index (χ4v) is 1.96. The minimum absolute atomic E-state index is 0.0915. The van der Waals surface area contributed by atoms with E-state index in [2.05, 4.69) is 5.32 Å². The van der Waals surface area contributed by atoms with Gasteiger partial charge in [0.05, 0.1) is 6.10 Å². The van der Waals surface area contributed by atoms with Gasteiger partial charge in [0.25, 0.3) is 0 Å². The molecule has 2 atom stereocenters. The lowest BCUT2D eigenvalue weighted by atomic mass is 10.0. The van der Waals surface area contributed by atoms with E-state index in [0.717, 1.165) is 25.5 Å². The van der Waals surface area contributed by atoms with Crippen LogP contribution in [0.1, 0.15) is 24.5 Å². The third kappa shape index (κ3) is 2.33. The van der Waals surface area contributed by atoms with Crippen LogP contribution in [0.2, 0.25) is 0 Å². The SMILES string of the molecule is OC(c1cc(F)cc(F)c1)C1CCCN1. The molecule has 2 N–H and O–H groups in total. The largest absolute Gasteiger partial charge is 0.387 e. The average molecular weight is 213 g/mol. The van der Waals surface area contributed by atoms with Crippen molar-refractivity contribution in [1.29, 1.82) is 0 Å². The molecule has 1 fully saturated rings. The Hall–Kier alpha value is -1.00. The summed E-state index contributed by atoms with van der Waals surface area (Å²) in [5.41, 5.74) is 0.298. The first-order valence-electron chi connectivity index (χ1n) is 5.04. The topological polar surface area (TPSA) is 32.3 Å². The van der Waals surface area contributed by atoms with Gasteiger partial charge in [0.15, 0.2) is 0 Å². The number of benzene rings is 1. The van der Waals surface area contributed by atoms with Crippen LogP contribution >= 0.6 is 0 Å². The fraction of sp³-hybridized carbons (Fsp3) is 0.455. The zero-order valence-electron chi connectivity index (χ0n) is 8.21. The van der Waals surface area contributed by atoms with Crippen molar-refractivity contribution >= 4 is 0 Å². The van der Waals surface area contributed by atoms with Crippen LogP contribution < -0.4 is 5.32 Å². The second-order valence-corrected chi connectivity index (χ2v) is 3.85. The van der Waals surface area contributed by atoms with Gasteiger partial charge in [0.2, 0.25) is 0 Å². The summed E-state index contributed by atoms with van der Waals surface area (Å²) in [7, 11) is 0. The molecule has 1 aromatic carbocycles. The van der Waals surface area contributed by atoms with Crippen molar-refractivity contribution in [1.82, 2.24) is 5.32 Å². The van der Waals surface area contributed by atoms with E-state index in [1.165, 1.54) is 12.1 Å². The molecular weight excluding hydrogens is 200 g/mol. The van der Waals surface area contributed by atoms with E-state index in [4.69, 9.17) is 0 Å². The van der Waals surface area contributed by atoms with Crippen LogP contribution in [0.5, 0.6) is 0 Å². The van der Waals surface area contributed by atoms with Crippen molar-refractivity contribution in [3.63, 3.8) is 0 Å². The lowest BCUT2D eigenvalue weighted by Gasteiger charge is -2.18. The summed E-state index contributed by atoms with van der Waals surface area (Å²) in [6.07, 6.45) is 0.983. The molecule has 0 radical (unpaired) electrons. The first-order valence-corrected chi connectivity index (χ1v) is 5.04. The quantitative estimate of drug-likeness (QED) is 0.784. The highest BCUT2D eigenvalue weighted by Crippen LogP contribution is 2.24. The maximum Gasteiger partial charge on any atom is 0.126 e. The number of hydrogen-bond acceptors (Lipinski definition) is 2. The standard InChI is InChI=1S/C11H13F2NO/c12-8-4-7(5-9(13)6-8)11(15)10-2-1-3-14-10/h4-6,10-11,14-15H,1-3H2. The molecule has 1 heterocycles. The van der Waals surface area contributed by atoms with Gasteiger partial charge < -0.3 is 10.4 Å². The highest BCUT2D eigenvalue weighted by molar-refractivity contribution is 5.21. The van der Waals surface area contributed by atoms with Gasteiger partial charge in [0.1, 0.15) is 11.6 Å². The van der Waals surface area contributed by atoms with Crippen LogP contribution in [-0.2, 0) is 0 Å². The van der Waals surface area contributed by atoms with E-state index < -0.39 is 17.7 Å².